The van der Waals surface area contributed by atoms with Gasteiger partial charge in [0.1, 0.15) is 12.1 Å². The lowest BCUT2D eigenvalue weighted by atomic mass is 9.77. The van der Waals surface area contributed by atoms with Crippen LogP contribution in [0.15, 0.2) is 30.3 Å². The number of hydrogen-bond acceptors (Lipinski definition) is 5. The molecule has 1 saturated heterocycles. The minimum absolute atomic E-state index is 0.0677. The van der Waals surface area contributed by atoms with Gasteiger partial charge in [-0.1, -0.05) is 104 Å². The number of primary amides is 1. The summed E-state index contributed by atoms with van der Waals surface area (Å²) in [5.41, 5.74) is 5.42. The molecule has 2 fully saturated rings. The van der Waals surface area contributed by atoms with E-state index in [-0.39, 0.29) is 30.1 Å². The molecular formula is C36H57N5O5. The Morgan fingerprint density at radius 2 is 1.61 bits per heavy atom. The average Bonchev–Trinajstić information content (AvgIpc) is 3.45. The van der Waals surface area contributed by atoms with Crippen LogP contribution in [0.1, 0.15) is 105 Å². The van der Waals surface area contributed by atoms with Gasteiger partial charge in [0.25, 0.3) is 5.91 Å². The summed E-state index contributed by atoms with van der Waals surface area (Å²) in [5, 5.41) is 9.09. The summed E-state index contributed by atoms with van der Waals surface area (Å²) < 4.78 is 0. The van der Waals surface area contributed by atoms with E-state index in [4.69, 9.17) is 5.73 Å². The van der Waals surface area contributed by atoms with Crippen molar-refractivity contribution in [3.63, 3.8) is 0 Å². The number of nitrogens with two attached hydrogens (primary N) is 1. The molecule has 3 rings (SSSR count). The lowest BCUT2D eigenvalue weighted by Crippen LogP contribution is -2.63. The number of nitrogens with one attached hydrogen (secondary N) is 3. The number of Topliss-reactive ketones (excluding diaryl/α,β-unsaturated/α-hetero) is 1. The third kappa shape index (κ3) is 9.55. The number of likely N-dealkylation sites (tertiary alicyclic amines) is 1. The fourth-order valence-electron chi connectivity index (χ4n) is 7.11. The molecule has 10 heteroatoms. The number of ketones is 1. The van der Waals surface area contributed by atoms with Gasteiger partial charge >= 0.3 is 6.03 Å². The van der Waals surface area contributed by atoms with Crippen LogP contribution in [-0.4, -0.2) is 64.6 Å². The lowest BCUT2D eigenvalue weighted by molar-refractivity contribution is -0.144. The molecule has 0 bridgehead atoms. The van der Waals surface area contributed by atoms with Crippen LogP contribution < -0.4 is 21.7 Å². The van der Waals surface area contributed by atoms with Crippen LogP contribution >= 0.6 is 0 Å². The predicted molar refractivity (Wildman–Crippen MR) is 180 cm³/mol. The predicted octanol–water partition coefficient (Wildman–Crippen LogP) is 4.49. The summed E-state index contributed by atoms with van der Waals surface area (Å²) in [6.45, 7) is 14.0. The Morgan fingerprint density at radius 3 is 2.15 bits per heavy atom. The molecule has 2 aliphatic rings. The summed E-state index contributed by atoms with van der Waals surface area (Å²) in [7, 11) is 0. The maximum absolute atomic E-state index is 14.4. The zero-order valence-corrected chi connectivity index (χ0v) is 29.0. The quantitative estimate of drug-likeness (QED) is 0.235. The van der Waals surface area contributed by atoms with E-state index >= 15 is 0 Å². The molecule has 46 heavy (non-hydrogen) atoms. The first kappa shape index (κ1) is 37.0. The van der Waals surface area contributed by atoms with E-state index in [1.807, 2.05) is 66.7 Å². The number of nitrogens with zero attached hydrogens (tertiary/aromatic N) is 1. The first-order chi connectivity index (χ1) is 21.6. The Kier molecular flexibility index (Phi) is 12.8. The minimum atomic E-state index is -1.10. The van der Waals surface area contributed by atoms with Crippen LogP contribution in [0.2, 0.25) is 0 Å². The molecule has 1 aromatic carbocycles. The van der Waals surface area contributed by atoms with Gasteiger partial charge in [-0.2, -0.15) is 0 Å². The highest BCUT2D eigenvalue weighted by Gasteiger charge is 2.48. The summed E-state index contributed by atoms with van der Waals surface area (Å²) in [6.07, 6.45) is 7.22. The molecule has 0 radical (unpaired) electrons. The fraction of sp³-hybridized carbons (Fsp3) is 0.694. The van der Waals surface area contributed by atoms with Gasteiger partial charge in [-0.25, -0.2) is 4.79 Å². The van der Waals surface area contributed by atoms with Crippen molar-refractivity contribution < 1.29 is 24.0 Å². The average molecular weight is 640 g/mol. The first-order valence-corrected chi connectivity index (χ1v) is 17.2. The zero-order chi connectivity index (χ0) is 34.2. The summed E-state index contributed by atoms with van der Waals surface area (Å²) >= 11 is 0. The Labute approximate surface area is 275 Å². The Bertz CT molecular complexity index is 1220. The molecule has 5 atom stereocenters. The third-order valence-electron chi connectivity index (χ3n) is 10.0. The van der Waals surface area contributed by atoms with Crippen molar-refractivity contribution in [2.24, 2.45) is 28.9 Å². The maximum Gasteiger partial charge on any atom is 0.315 e. The highest BCUT2D eigenvalue weighted by molar-refractivity contribution is 6.37. The van der Waals surface area contributed by atoms with Gasteiger partial charge in [0.05, 0.1) is 6.04 Å². The van der Waals surface area contributed by atoms with Gasteiger partial charge in [0.15, 0.2) is 0 Å². The number of benzene rings is 1. The second kappa shape index (κ2) is 15.9. The molecule has 5 amide bonds. The van der Waals surface area contributed by atoms with Crippen LogP contribution in [0.5, 0.6) is 0 Å². The van der Waals surface area contributed by atoms with Crippen molar-refractivity contribution in [2.45, 2.75) is 130 Å². The molecule has 5 unspecified atom stereocenters. The molecule has 5 N–H and O–H groups in total. The van der Waals surface area contributed by atoms with Gasteiger partial charge in [-0.05, 0) is 60.8 Å². The molecule has 1 aliphatic heterocycles. The van der Waals surface area contributed by atoms with Crippen molar-refractivity contribution in [3.05, 3.63) is 35.9 Å². The van der Waals surface area contributed by atoms with Crippen molar-refractivity contribution in [2.75, 3.05) is 6.54 Å². The van der Waals surface area contributed by atoms with Crippen LogP contribution in [0.3, 0.4) is 0 Å². The summed E-state index contributed by atoms with van der Waals surface area (Å²) in [4.78, 5) is 68.2. The third-order valence-corrected chi connectivity index (χ3v) is 10.0. The topological polar surface area (TPSA) is 151 Å². The van der Waals surface area contributed by atoms with Crippen LogP contribution in [0, 0.1) is 23.2 Å². The van der Waals surface area contributed by atoms with Crippen molar-refractivity contribution in [1.82, 2.24) is 20.9 Å². The maximum atomic E-state index is 14.4. The van der Waals surface area contributed by atoms with E-state index in [0.717, 1.165) is 44.1 Å². The molecule has 1 aromatic rings. The van der Waals surface area contributed by atoms with E-state index in [9.17, 15) is 24.0 Å². The van der Waals surface area contributed by atoms with E-state index in [1.165, 1.54) is 0 Å². The number of hydrogen-bond donors (Lipinski definition) is 4. The molecule has 0 spiro atoms. The van der Waals surface area contributed by atoms with Gasteiger partial charge in [0, 0.05) is 12.1 Å². The van der Waals surface area contributed by atoms with Crippen LogP contribution in [0.4, 0.5) is 4.79 Å². The van der Waals surface area contributed by atoms with Gasteiger partial charge < -0.3 is 26.6 Å². The highest BCUT2D eigenvalue weighted by Crippen LogP contribution is 2.34. The Morgan fingerprint density at radius 1 is 0.978 bits per heavy atom. The lowest BCUT2D eigenvalue weighted by Gasteiger charge is -2.40. The van der Waals surface area contributed by atoms with Crippen LogP contribution in [0.25, 0.3) is 0 Å². The van der Waals surface area contributed by atoms with Gasteiger partial charge in [-0.3, -0.25) is 19.2 Å². The van der Waals surface area contributed by atoms with E-state index in [0.29, 0.717) is 19.4 Å². The van der Waals surface area contributed by atoms with Crippen molar-refractivity contribution in [1.29, 1.82) is 0 Å². The number of carbonyl (C=O) groups is 5. The van der Waals surface area contributed by atoms with Crippen molar-refractivity contribution in [3.8, 4) is 0 Å². The number of amides is 5. The molecule has 10 nitrogen and oxygen atoms in total. The highest BCUT2D eigenvalue weighted by atomic mass is 16.2. The van der Waals surface area contributed by atoms with Crippen molar-refractivity contribution >= 4 is 29.5 Å². The number of urea groups is 1. The summed E-state index contributed by atoms with van der Waals surface area (Å²) in [5.74, 6) is -2.79. The molecule has 1 aliphatic carbocycles. The molecule has 0 aromatic heterocycles. The summed E-state index contributed by atoms with van der Waals surface area (Å²) in [6, 6.07) is 6.91. The monoisotopic (exact) mass is 639 g/mol. The zero-order valence-electron chi connectivity index (χ0n) is 29.0. The minimum Gasteiger partial charge on any atom is -0.363 e. The van der Waals surface area contributed by atoms with E-state index in [2.05, 4.69) is 28.1 Å². The second-order valence-corrected chi connectivity index (χ2v) is 15.1. The molecule has 256 valence electrons. The smallest absolute Gasteiger partial charge is 0.315 e. The largest absolute Gasteiger partial charge is 0.363 e. The normalized spacial score (nSPS) is 21.6. The van der Waals surface area contributed by atoms with Gasteiger partial charge in [0.2, 0.25) is 17.6 Å². The van der Waals surface area contributed by atoms with Gasteiger partial charge in [-0.15, -0.1) is 0 Å². The number of rotatable bonds is 13. The SMILES string of the molecule is CCC(C)CC(NC(=O)C1C(C(C)C)CCN1C(=O)C(NC(=O)NC1(Cc2ccccc2)CCCCC1)C(C)(C)C)C(=O)C(N)=O. The Hall–Kier alpha value is -3.43. The van der Waals surface area contributed by atoms with Crippen LogP contribution in [-0.2, 0) is 25.6 Å². The number of carbonyl (C=O) groups excluding carboxylic acids is 5. The standard InChI is InChI=1S/C36H57N5O5/c1-8-24(4)21-27(29(42)31(37)43)38-32(44)28-26(23(2)3)17-20-41(28)33(45)30(35(5,6)7)39-34(46)40-36(18-13-10-14-19-36)22-25-15-11-9-12-16-25/h9,11-12,15-16,23-24,26-28,30H,8,10,13-14,17-22H2,1-7H3,(H2,37,43)(H,38,44)(H2,39,40,46). The molecular weight excluding hydrogens is 582 g/mol. The molecule has 1 saturated carbocycles. The first-order valence-electron chi connectivity index (χ1n) is 17.2. The van der Waals surface area contributed by atoms with E-state index < -0.39 is 52.7 Å². The molecule has 1 heterocycles. The second-order valence-electron chi connectivity index (χ2n) is 15.1. The van der Waals surface area contributed by atoms with E-state index in [1.54, 1.807) is 4.90 Å². The fourth-order valence-corrected chi connectivity index (χ4v) is 7.11. The Balaban J connectivity index is 1.85.